The molecule has 4 nitrogen and oxygen atoms in total. The van der Waals surface area contributed by atoms with Crippen molar-refractivity contribution in [2.24, 2.45) is 0 Å². The fourth-order valence-electron chi connectivity index (χ4n) is 3.40. The van der Waals surface area contributed by atoms with E-state index in [2.05, 4.69) is 11.4 Å². The van der Waals surface area contributed by atoms with Crippen molar-refractivity contribution in [2.75, 3.05) is 18.4 Å². The molecule has 1 aliphatic rings. The zero-order valence-corrected chi connectivity index (χ0v) is 14.5. The zero-order chi connectivity index (χ0) is 17.2. The lowest BCUT2D eigenvalue weighted by molar-refractivity contribution is -0.910. The van der Waals surface area contributed by atoms with Crippen molar-refractivity contribution < 1.29 is 14.1 Å². The summed E-state index contributed by atoms with van der Waals surface area (Å²) in [4.78, 5) is 18.4. The highest BCUT2D eigenvalue weighted by atomic mass is 32.1. The monoisotopic (exact) mass is 356 g/mol. The second kappa shape index (κ2) is 6.90. The first-order valence-electron chi connectivity index (χ1n) is 8.44. The molecule has 25 heavy (non-hydrogen) atoms. The molecule has 2 aromatic carbocycles. The first-order chi connectivity index (χ1) is 12.2. The van der Waals surface area contributed by atoms with Gasteiger partial charge in [-0.05, 0) is 36.4 Å². The number of fused-ring (bicyclic) bond motifs is 1. The number of nitrogens with zero attached hydrogens (tertiary/aromatic N) is 1. The van der Waals surface area contributed by atoms with E-state index in [1.165, 1.54) is 21.7 Å². The molecule has 2 atom stereocenters. The third-order valence-corrected chi connectivity index (χ3v) is 5.76. The third-order valence-electron chi connectivity index (χ3n) is 4.61. The van der Waals surface area contributed by atoms with Crippen molar-refractivity contribution in [1.29, 1.82) is 0 Å². The van der Waals surface area contributed by atoms with Crippen LogP contribution in [0.5, 0.6) is 0 Å². The number of anilines is 1. The quantitative estimate of drug-likeness (QED) is 0.755. The number of carbonyl (C=O) groups excluding carboxylic acids is 1. The smallest absolute Gasteiger partial charge is 0.279 e. The molecule has 2 N–H and O–H groups in total. The van der Waals surface area contributed by atoms with Crippen LogP contribution in [0.2, 0.25) is 0 Å². The first-order valence-corrected chi connectivity index (χ1v) is 9.26. The normalized spacial score (nSPS) is 20.0. The Kier molecular flexibility index (Phi) is 4.46. The Labute approximate surface area is 149 Å². The van der Waals surface area contributed by atoms with Crippen LogP contribution in [0.4, 0.5) is 10.1 Å². The first kappa shape index (κ1) is 16.2. The van der Waals surface area contributed by atoms with Crippen molar-refractivity contribution in [1.82, 2.24) is 4.98 Å². The zero-order valence-electron chi connectivity index (χ0n) is 13.7. The van der Waals surface area contributed by atoms with Crippen molar-refractivity contribution >= 4 is 33.1 Å². The molecule has 0 radical (unpaired) electrons. The number of rotatable bonds is 4. The molecule has 1 amide bonds. The van der Waals surface area contributed by atoms with Crippen LogP contribution in [0.25, 0.3) is 10.2 Å². The molecule has 1 unspecified atom stereocenters. The maximum atomic E-state index is 13.0. The van der Waals surface area contributed by atoms with E-state index in [1.54, 1.807) is 23.5 Å². The van der Waals surface area contributed by atoms with Gasteiger partial charge in [-0.15, -0.1) is 11.3 Å². The standard InChI is InChI=1S/C19H18FN3OS/c20-13-7-9-14(10-8-13)21-18(24)12-23-11-3-5-16(23)19-22-15-4-1-2-6-17(15)25-19/h1-2,4,6-10,16H,3,5,11-12H2,(H,21,24)/p+1/t16-/m0/s1. The number of hydrogen-bond donors (Lipinski definition) is 2. The fraction of sp³-hybridized carbons (Fsp3) is 0.263. The van der Waals surface area contributed by atoms with Gasteiger partial charge in [0.2, 0.25) is 0 Å². The summed E-state index contributed by atoms with van der Waals surface area (Å²) in [6.45, 7) is 1.37. The van der Waals surface area contributed by atoms with E-state index in [1.807, 2.05) is 18.2 Å². The lowest BCUT2D eigenvalue weighted by Crippen LogP contribution is -3.11. The number of quaternary nitrogens is 1. The molecule has 0 saturated carbocycles. The molecule has 3 aromatic rings. The highest BCUT2D eigenvalue weighted by Crippen LogP contribution is 2.28. The predicted molar refractivity (Wildman–Crippen MR) is 97.3 cm³/mol. The highest BCUT2D eigenvalue weighted by Gasteiger charge is 2.33. The van der Waals surface area contributed by atoms with Gasteiger partial charge in [0.1, 0.15) is 11.9 Å². The number of hydrogen-bond acceptors (Lipinski definition) is 3. The van der Waals surface area contributed by atoms with Crippen LogP contribution < -0.4 is 10.2 Å². The summed E-state index contributed by atoms with van der Waals surface area (Å²) in [6.07, 6.45) is 2.15. The van der Waals surface area contributed by atoms with Crippen LogP contribution in [0, 0.1) is 5.82 Å². The second-order valence-electron chi connectivity index (χ2n) is 6.35. The molecule has 4 rings (SSSR count). The summed E-state index contributed by atoms with van der Waals surface area (Å²) in [5.74, 6) is -0.353. The minimum absolute atomic E-state index is 0.0466. The molecule has 2 heterocycles. The lowest BCUT2D eigenvalue weighted by Gasteiger charge is -2.19. The van der Waals surface area contributed by atoms with Gasteiger partial charge in [0.25, 0.3) is 5.91 Å². The maximum Gasteiger partial charge on any atom is 0.279 e. The number of aromatic nitrogens is 1. The van der Waals surface area contributed by atoms with Gasteiger partial charge >= 0.3 is 0 Å². The Bertz CT molecular complexity index is 860. The summed E-state index contributed by atoms with van der Waals surface area (Å²) in [6, 6.07) is 14.3. The van der Waals surface area contributed by atoms with Crippen LogP contribution in [-0.2, 0) is 4.79 Å². The minimum atomic E-state index is -0.306. The van der Waals surface area contributed by atoms with Crippen molar-refractivity contribution in [2.45, 2.75) is 18.9 Å². The number of likely N-dealkylation sites (tertiary alicyclic amines) is 1. The van der Waals surface area contributed by atoms with Crippen LogP contribution >= 0.6 is 11.3 Å². The summed E-state index contributed by atoms with van der Waals surface area (Å²) >= 11 is 1.73. The molecule has 1 saturated heterocycles. The summed E-state index contributed by atoms with van der Waals surface area (Å²) < 4.78 is 14.1. The van der Waals surface area contributed by atoms with Crippen LogP contribution in [0.1, 0.15) is 23.9 Å². The van der Waals surface area contributed by atoms with Gasteiger partial charge in [0, 0.05) is 18.5 Å². The Morgan fingerprint density at radius 2 is 2.04 bits per heavy atom. The summed E-state index contributed by atoms with van der Waals surface area (Å²) in [5, 5.41) is 3.97. The van der Waals surface area contributed by atoms with E-state index in [0.29, 0.717) is 12.2 Å². The predicted octanol–water partition coefficient (Wildman–Crippen LogP) is 2.79. The Morgan fingerprint density at radius 1 is 1.24 bits per heavy atom. The minimum Gasteiger partial charge on any atom is -0.321 e. The number of carbonyl (C=O) groups is 1. The van der Waals surface area contributed by atoms with Crippen LogP contribution in [0.3, 0.4) is 0 Å². The molecule has 1 fully saturated rings. The molecule has 128 valence electrons. The van der Waals surface area contributed by atoms with Crippen molar-refractivity contribution in [3.63, 3.8) is 0 Å². The number of benzene rings is 2. The van der Waals surface area contributed by atoms with Crippen molar-refractivity contribution in [3.05, 3.63) is 59.4 Å². The van der Waals surface area contributed by atoms with E-state index in [0.717, 1.165) is 29.9 Å². The van der Waals surface area contributed by atoms with E-state index in [9.17, 15) is 9.18 Å². The Balaban J connectivity index is 1.45. The average molecular weight is 356 g/mol. The van der Waals surface area contributed by atoms with Gasteiger partial charge in [0.15, 0.2) is 11.6 Å². The van der Waals surface area contributed by atoms with Gasteiger partial charge in [0.05, 0.1) is 16.8 Å². The van der Waals surface area contributed by atoms with Crippen LogP contribution in [-0.4, -0.2) is 24.0 Å². The van der Waals surface area contributed by atoms with Gasteiger partial charge in [-0.2, -0.15) is 0 Å². The van der Waals surface area contributed by atoms with Gasteiger partial charge in [-0.25, -0.2) is 9.37 Å². The van der Waals surface area contributed by atoms with E-state index < -0.39 is 0 Å². The summed E-state index contributed by atoms with van der Waals surface area (Å²) in [7, 11) is 0. The molecule has 0 aliphatic carbocycles. The average Bonchev–Trinajstić information content (AvgIpc) is 3.22. The second-order valence-corrected chi connectivity index (χ2v) is 7.42. The molecule has 1 aromatic heterocycles. The number of halogens is 1. The van der Waals surface area contributed by atoms with Crippen LogP contribution in [0.15, 0.2) is 48.5 Å². The molecule has 6 heteroatoms. The molecule has 0 bridgehead atoms. The van der Waals surface area contributed by atoms with E-state index in [4.69, 9.17) is 4.98 Å². The number of amides is 1. The number of nitrogens with one attached hydrogen (secondary N) is 2. The topological polar surface area (TPSA) is 46.4 Å². The number of thiazole rings is 1. The largest absolute Gasteiger partial charge is 0.321 e. The molecule has 0 spiro atoms. The third kappa shape index (κ3) is 3.55. The number of para-hydroxylation sites is 1. The molecule has 1 aliphatic heterocycles. The Morgan fingerprint density at radius 3 is 2.84 bits per heavy atom. The molecular weight excluding hydrogens is 337 g/mol. The van der Waals surface area contributed by atoms with E-state index in [-0.39, 0.29) is 17.8 Å². The maximum absolute atomic E-state index is 13.0. The SMILES string of the molecule is O=C(C[NH+]1CCC[C@H]1c1nc2ccccc2s1)Nc1ccc(F)cc1. The highest BCUT2D eigenvalue weighted by molar-refractivity contribution is 7.18. The van der Waals surface area contributed by atoms with Gasteiger partial charge in [-0.3, -0.25) is 4.79 Å². The Hall–Kier alpha value is -2.31. The lowest BCUT2D eigenvalue weighted by atomic mass is 10.2. The van der Waals surface area contributed by atoms with E-state index >= 15 is 0 Å². The molecular formula is C19H19FN3OS+. The fourth-order valence-corrected chi connectivity index (χ4v) is 4.57. The van der Waals surface area contributed by atoms with Gasteiger partial charge < -0.3 is 10.2 Å². The summed E-state index contributed by atoms with van der Waals surface area (Å²) in [5.41, 5.74) is 1.66. The van der Waals surface area contributed by atoms with Gasteiger partial charge in [-0.1, -0.05) is 12.1 Å². The van der Waals surface area contributed by atoms with Crippen molar-refractivity contribution in [3.8, 4) is 0 Å².